The number of hydrogen-bond acceptors (Lipinski definition) is 5. The molecular formula is C24H34N4O3S. The molecule has 1 amide bonds. The highest BCUT2D eigenvalue weighted by molar-refractivity contribution is 7.89. The van der Waals surface area contributed by atoms with Crippen molar-refractivity contribution in [1.29, 1.82) is 0 Å². The molecule has 1 saturated heterocycles. The molecule has 0 aliphatic carbocycles. The predicted molar refractivity (Wildman–Crippen MR) is 130 cm³/mol. The van der Waals surface area contributed by atoms with E-state index in [0.29, 0.717) is 11.1 Å². The Morgan fingerprint density at radius 1 is 1.00 bits per heavy atom. The maximum Gasteiger partial charge on any atom is 0.255 e. The van der Waals surface area contributed by atoms with Crippen molar-refractivity contribution in [2.75, 3.05) is 57.0 Å². The van der Waals surface area contributed by atoms with Gasteiger partial charge < -0.3 is 15.1 Å². The first kappa shape index (κ1) is 24.2. The van der Waals surface area contributed by atoms with Crippen LogP contribution in [0.4, 0.5) is 11.4 Å². The van der Waals surface area contributed by atoms with E-state index in [1.165, 1.54) is 24.5 Å². The van der Waals surface area contributed by atoms with E-state index < -0.39 is 10.0 Å². The van der Waals surface area contributed by atoms with Crippen LogP contribution in [0.15, 0.2) is 35.2 Å². The summed E-state index contributed by atoms with van der Waals surface area (Å²) in [6.07, 6.45) is 0. The Morgan fingerprint density at radius 3 is 2.22 bits per heavy atom. The molecule has 0 spiro atoms. The molecule has 0 bridgehead atoms. The van der Waals surface area contributed by atoms with Crippen molar-refractivity contribution in [2.45, 2.75) is 32.6 Å². The fraction of sp³-hybridized carbons (Fsp3) is 0.458. The number of hydrogen-bond donors (Lipinski definition) is 1. The zero-order valence-electron chi connectivity index (χ0n) is 19.9. The number of nitrogens with one attached hydrogen (secondary N) is 1. The number of benzene rings is 2. The first-order valence-electron chi connectivity index (χ1n) is 11.0. The van der Waals surface area contributed by atoms with E-state index in [2.05, 4.69) is 28.1 Å². The minimum Gasteiger partial charge on any atom is -0.369 e. The lowest BCUT2D eigenvalue weighted by atomic mass is 10.1. The van der Waals surface area contributed by atoms with E-state index in [4.69, 9.17) is 0 Å². The lowest BCUT2D eigenvalue weighted by Crippen LogP contribution is -2.46. The van der Waals surface area contributed by atoms with E-state index in [-0.39, 0.29) is 10.8 Å². The monoisotopic (exact) mass is 458 g/mol. The number of sulfonamides is 1. The summed E-state index contributed by atoms with van der Waals surface area (Å²) in [5, 5.41) is 2.95. The number of piperazine rings is 1. The highest BCUT2D eigenvalue weighted by atomic mass is 32.2. The molecule has 3 rings (SSSR count). The summed E-state index contributed by atoms with van der Waals surface area (Å²) in [5.41, 5.74) is 4.59. The van der Waals surface area contributed by atoms with Gasteiger partial charge in [0.05, 0.1) is 4.90 Å². The smallest absolute Gasteiger partial charge is 0.255 e. The molecule has 32 heavy (non-hydrogen) atoms. The van der Waals surface area contributed by atoms with E-state index in [9.17, 15) is 13.2 Å². The lowest BCUT2D eigenvalue weighted by Gasteiger charge is -2.35. The predicted octanol–water partition coefficient (Wildman–Crippen LogP) is 3.26. The van der Waals surface area contributed by atoms with Crippen LogP contribution in [0.3, 0.4) is 0 Å². The molecule has 174 valence electrons. The molecular weight excluding hydrogens is 424 g/mol. The van der Waals surface area contributed by atoms with Gasteiger partial charge in [0.25, 0.3) is 5.91 Å². The van der Waals surface area contributed by atoms with Crippen LogP contribution in [0.2, 0.25) is 0 Å². The minimum atomic E-state index is -3.65. The van der Waals surface area contributed by atoms with E-state index >= 15 is 0 Å². The van der Waals surface area contributed by atoms with Gasteiger partial charge in [-0.25, -0.2) is 12.7 Å². The quantitative estimate of drug-likeness (QED) is 0.719. The summed E-state index contributed by atoms with van der Waals surface area (Å²) in [6, 6.07) is 9.25. The molecule has 1 fully saturated rings. The zero-order valence-corrected chi connectivity index (χ0v) is 20.7. The van der Waals surface area contributed by atoms with Crippen LogP contribution in [-0.2, 0) is 10.0 Å². The fourth-order valence-electron chi connectivity index (χ4n) is 3.92. The van der Waals surface area contributed by atoms with Gasteiger partial charge in [-0.05, 0) is 74.3 Å². The topological polar surface area (TPSA) is 73.0 Å². The standard InChI is InChI=1S/C24H34N4O3S/c1-7-27-10-12-28(13-11-27)21-8-9-22(18(3)15-21)25-24(29)20-14-17(2)19(4)23(16-20)32(30,31)26(5)6/h8-9,14-16H,7,10-13H2,1-6H3,(H,25,29). The third-order valence-electron chi connectivity index (χ3n) is 6.28. The van der Waals surface area contributed by atoms with Gasteiger partial charge in [-0.15, -0.1) is 0 Å². The number of carbonyl (C=O) groups excluding carboxylic acids is 1. The number of anilines is 2. The van der Waals surface area contributed by atoms with Gasteiger partial charge in [-0.1, -0.05) is 6.92 Å². The number of nitrogens with zero attached hydrogens (tertiary/aromatic N) is 3. The average molecular weight is 459 g/mol. The van der Waals surface area contributed by atoms with Crippen LogP contribution in [0, 0.1) is 20.8 Å². The summed E-state index contributed by atoms with van der Waals surface area (Å²) < 4.78 is 26.6. The van der Waals surface area contributed by atoms with E-state index in [0.717, 1.165) is 55.2 Å². The van der Waals surface area contributed by atoms with Crippen molar-refractivity contribution < 1.29 is 13.2 Å². The maximum absolute atomic E-state index is 13.0. The van der Waals surface area contributed by atoms with Gasteiger partial charge in [0.2, 0.25) is 10.0 Å². The number of carbonyl (C=O) groups is 1. The van der Waals surface area contributed by atoms with Crippen molar-refractivity contribution in [2.24, 2.45) is 0 Å². The lowest BCUT2D eigenvalue weighted by molar-refractivity contribution is 0.102. The second kappa shape index (κ2) is 9.60. The summed E-state index contributed by atoms with van der Waals surface area (Å²) in [6.45, 7) is 12.9. The molecule has 1 aliphatic heterocycles. The highest BCUT2D eigenvalue weighted by Crippen LogP contribution is 2.26. The Hall–Kier alpha value is -2.42. The van der Waals surface area contributed by atoms with Crippen molar-refractivity contribution in [3.63, 3.8) is 0 Å². The SMILES string of the molecule is CCN1CCN(c2ccc(NC(=O)c3cc(C)c(C)c(S(=O)(=O)N(C)C)c3)c(C)c2)CC1. The maximum atomic E-state index is 13.0. The molecule has 0 unspecified atom stereocenters. The highest BCUT2D eigenvalue weighted by Gasteiger charge is 2.23. The summed E-state index contributed by atoms with van der Waals surface area (Å²) in [7, 11) is -0.667. The van der Waals surface area contributed by atoms with Gasteiger partial charge in [0.1, 0.15) is 0 Å². The molecule has 2 aromatic carbocycles. The molecule has 1 N–H and O–H groups in total. The minimum absolute atomic E-state index is 0.158. The Kier molecular flexibility index (Phi) is 7.27. The first-order chi connectivity index (χ1) is 15.0. The van der Waals surface area contributed by atoms with Crippen LogP contribution in [0.25, 0.3) is 0 Å². The summed E-state index contributed by atoms with van der Waals surface area (Å²) in [4.78, 5) is 18.0. The molecule has 0 atom stereocenters. The molecule has 2 aromatic rings. The molecule has 8 heteroatoms. The third kappa shape index (κ3) is 4.98. The Morgan fingerprint density at radius 2 is 1.66 bits per heavy atom. The van der Waals surface area contributed by atoms with Crippen molar-refractivity contribution in [1.82, 2.24) is 9.21 Å². The van der Waals surface area contributed by atoms with Gasteiger partial charge in [0.15, 0.2) is 0 Å². The van der Waals surface area contributed by atoms with Crippen LogP contribution in [-0.4, -0.2) is 70.3 Å². The zero-order chi connectivity index (χ0) is 23.6. The summed E-state index contributed by atoms with van der Waals surface area (Å²) >= 11 is 0. The van der Waals surface area contributed by atoms with Crippen LogP contribution < -0.4 is 10.2 Å². The summed E-state index contributed by atoms with van der Waals surface area (Å²) in [5.74, 6) is -0.323. The van der Waals surface area contributed by atoms with E-state index in [1.807, 2.05) is 26.0 Å². The third-order valence-corrected chi connectivity index (χ3v) is 8.22. The molecule has 0 radical (unpaired) electrons. The van der Waals surface area contributed by atoms with Gasteiger partial charge in [-0.2, -0.15) is 0 Å². The first-order valence-corrected chi connectivity index (χ1v) is 12.4. The van der Waals surface area contributed by atoms with Crippen molar-refractivity contribution >= 4 is 27.3 Å². The number of rotatable bonds is 6. The van der Waals surface area contributed by atoms with Crippen molar-refractivity contribution in [3.05, 3.63) is 52.6 Å². The Bertz CT molecular complexity index is 1100. The largest absolute Gasteiger partial charge is 0.369 e. The second-order valence-corrected chi connectivity index (χ2v) is 10.7. The van der Waals surface area contributed by atoms with E-state index in [1.54, 1.807) is 13.0 Å². The average Bonchev–Trinajstić information content (AvgIpc) is 2.76. The molecule has 0 saturated carbocycles. The van der Waals surface area contributed by atoms with Gasteiger partial charge >= 0.3 is 0 Å². The van der Waals surface area contributed by atoms with Crippen LogP contribution in [0.1, 0.15) is 34.0 Å². The van der Waals surface area contributed by atoms with Gasteiger partial charge in [0, 0.05) is 57.2 Å². The Balaban J connectivity index is 1.81. The fourth-order valence-corrected chi connectivity index (χ4v) is 5.14. The molecule has 1 aliphatic rings. The molecule has 0 aromatic heterocycles. The van der Waals surface area contributed by atoms with Crippen LogP contribution in [0.5, 0.6) is 0 Å². The Labute approximate surface area is 192 Å². The molecule has 1 heterocycles. The molecule has 7 nitrogen and oxygen atoms in total. The van der Waals surface area contributed by atoms with Crippen LogP contribution >= 0.6 is 0 Å². The van der Waals surface area contributed by atoms with Crippen molar-refractivity contribution in [3.8, 4) is 0 Å². The number of aryl methyl sites for hydroxylation is 2. The second-order valence-electron chi connectivity index (χ2n) is 8.58. The van der Waals surface area contributed by atoms with Gasteiger partial charge in [-0.3, -0.25) is 4.79 Å². The number of amides is 1. The normalized spacial score (nSPS) is 15.3. The number of likely N-dealkylation sites (N-methyl/N-ethyl adjacent to an activating group) is 1.